The van der Waals surface area contributed by atoms with Gasteiger partial charge in [0.2, 0.25) is 0 Å². The number of amides is 4. The van der Waals surface area contributed by atoms with Crippen LogP contribution in [-0.4, -0.2) is 41.5 Å². The van der Waals surface area contributed by atoms with Crippen LogP contribution in [0.2, 0.25) is 0 Å². The fraction of sp³-hybridized carbons (Fsp3) is 0.625. The standard InChI is InChI=1S/C8H10N2O4/c1-8(2-3-14-4-8)10-6(12)5(11)9-7(10)13/h2-4H2,1H3,(H,9,11,13). The second-order valence-electron chi connectivity index (χ2n) is 3.70. The highest BCUT2D eigenvalue weighted by atomic mass is 16.5. The second-order valence-corrected chi connectivity index (χ2v) is 3.70. The lowest BCUT2D eigenvalue weighted by atomic mass is 10.00. The van der Waals surface area contributed by atoms with E-state index in [2.05, 4.69) is 0 Å². The van der Waals surface area contributed by atoms with Crippen LogP contribution in [0.5, 0.6) is 0 Å². The van der Waals surface area contributed by atoms with Crippen molar-refractivity contribution in [1.29, 1.82) is 0 Å². The molecule has 0 aromatic carbocycles. The lowest BCUT2D eigenvalue weighted by Crippen LogP contribution is -2.50. The maximum absolute atomic E-state index is 11.3. The Labute approximate surface area is 80.2 Å². The van der Waals surface area contributed by atoms with Crippen LogP contribution in [-0.2, 0) is 14.3 Å². The van der Waals surface area contributed by atoms with E-state index < -0.39 is 23.4 Å². The maximum atomic E-state index is 11.3. The van der Waals surface area contributed by atoms with Gasteiger partial charge in [0.15, 0.2) is 0 Å². The van der Waals surface area contributed by atoms with Crippen LogP contribution in [0.25, 0.3) is 0 Å². The zero-order valence-corrected chi connectivity index (χ0v) is 7.70. The molecule has 4 amide bonds. The van der Waals surface area contributed by atoms with Gasteiger partial charge >= 0.3 is 17.8 Å². The Morgan fingerprint density at radius 2 is 2.14 bits per heavy atom. The molecule has 2 rings (SSSR count). The van der Waals surface area contributed by atoms with E-state index in [1.165, 1.54) is 0 Å². The fourth-order valence-electron chi connectivity index (χ4n) is 1.72. The van der Waals surface area contributed by atoms with Crippen molar-refractivity contribution in [2.45, 2.75) is 18.9 Å². The van der Waals surface area contributed by atoms with Crippen LogP contribution in [0.3, 0.4) is 0 Å². The molecule has 14 heavy (non-hydrogen) atoms. The number of carbonyl (C=O) groups excluding carboxylic acids is 3. The summed E-state index contributed by atoms with van der Waals surface area (Å²) in [5.41, 5.74) is -0.673. The zero-order chi connectivity index (χ0) is 10.3. The summed E-state index contributed by atoms with van der Waals surface area (Å²) in [5.74, 6) is -1.65. The first-order chi connectivity index (χ1) is 6.54. The second kappa shape index (κ2) is 2.78. The average molecular weight is 198 g/mol. The molecule has 76 valence electrons. The summed E-state index contributed by atoms with van der Waals surface area (Å²) in [6, 6.07) is -0.645. The fourth-order valence-corrected chi connectivity index (χ4v) is 1.72. The Morgan fingerprint density at radius 1 is 1.43 bits per heavy atom. The summed E-state index contributed by atoms with van der Waals surface area (Å²) in [4.78, 5) is 34.5. The molecule has 1 unspecified atom stereocenters. The Kier molecular flexibility index (Phi) is 1.81. The number of urea groups is 1. The number of nitrogens with zero attached hydrogens (tertiary/aromatic N) is 1. The largest absolute Gasteiger partial charge is 0.379 e. The third kappa shape index (κ3) is 1.11. The molecule has 1 N–H and O–H groups in total. The number of hydrogen-bond acceptors (Lipinski definition) is 4. The molecule has 2 aliphatic rings. The number of rotatable bonds is 1. The molecule has 0 aliphatic carbocycles. The Balaban J connectivity index is 2.29. The molecule has 2 heterocycles. The van der Waals surface area contributed by atoms with Crippen LogP contribution >= 0.6 is 0 Å². The summed E-state index contributed by atoms with van der Waals surface area (Å²) < 4.78 is 5.12. The molecular weight excluding hydrogens is 188 g/mol. The number of ether oxygens (including phenoxy) is 1. The van der Waals surface area contributed by atoms with Gasteiger partial charge in [0.25, 0.3) is 0 Å². The van der Waals surface area contributed by atoms with Gasteiger partial charge in [-0.25, -0.2) is 9.69 Å². The highest BCUT2D eigenvalue weighted by molar-refractivity contribution is 6.45. The van der Waals surface area contributed by atoms with Crippen molar-refractivity contribution < 1.29 is 19.1 Å². The van der Waals surface area contributed by atoms with Crippen molar-refractivity contribution in [2.75, 3.05) is 13.2 Å². The van der Waals surface area contributed by atoms with E-state index in [1.807, 2.05) is 5.32 Å². The van der Waals surface area contributed by atoms with Gasteiger partial charge in [0.05, 0.1) is 12.1 Å². The van der Waals surface area contributed by atoms with Crippen molar-refractivity contribution in [2.24, 2.45) is 0 Å². The van der Waals surface area contributed by atoms with Gasteiger partial charge in [0.1, 0.15) is 0 Å². The SMILES string of the molecule is CC1(N2C(=O)NC(=O)C2=O)CCOC1. The van der Waals surface area contributed by atoms with E-state index in [1.54, 1.807) is 6.92 Å². The highest BCUT2D eigenvalue weighted by Gasteiger charge is 2.49. The topological polar surface area (TPSA) is 75.7 Å². The maximum Gasteiger partial charge on any atom is 0.332 e. The van der Waals surface area contributed by atoms with Crippen molar-refractivity contribution in [3.63, 3.8) is 0 Å². The predicted octanol–water partition coefficient (Wildman–Crippen LogP) is -0.756. The molecule has 2 fully saturated rings. The van der Waals surface area contributed by atoms with Gasteiger partial charge in [-0.15, -0.1) is 0 Å². The monoisotopic (exact) mass is 198 g/mol. The molecule has 0 aromatic rings. The zero-order valence-electron chi connectivity index (χ0n) is 7.70. The van der Waals surface area contributed by atoms with E-state index in [0.717, 1.165) is 4.90 Å². The lowest BCUT2D eigenvalue weighted by molar-refractivity contribution is -0.142. The van der Waals surface area contributed by atoms with Gasteiger partial charge in [-0.3, -0.25) is 14.9 Å². The molecule has 6 heteroatoms. The molecule has 0 radical (unpaired) electrons. The quantitative estimate of drug-likeness (QED) is 0.444. The summed E-state index contributed by atoms with van der Waals surface area (Å²) in [5, 5.41) is 1.96. The third-order valence-electron chi connectivity index (χ3n) is 2.56. The van der Waals surface area contributed by atoms with E-state index in [9.17, 15) is 14.4 Å². The van der Waals surface area contributed by atoms with E-state index in [0.29, 0.717) is 19.6 Å². The van der Waals surface area contributed by atoms with Gasteiger partial charge in [0, 0.05) is 6.61 Å². The first kappa shape index (κ1) is 9.14. The van der Waals surface area contributed by atoms with Crippen LogP contribution in [0, 0.1) is 0 Å². The Morgan fingerprint density at radius 3 is 2.57 bits per heavy atom. The summed E-state index contributed by atoms with van der Waals surface area (Å²) in [6.45, 7) is 2.53. The minimum Gasteiger partial charge on any atom is -0.379 e. The minimum atomic E-state index is -0.858. The van der Waals surface area contributed by atoms with Crippen molar-refractivity contribution in [3.05, 3.63) is 0 Å². The Hall–Kier alpha value is -1.43. The summed E-state index contributed by atoms with van der Waals surface area (Å²) in [6.07, 6.45) is 0.569. The average Bonchev–Trinajstić information content (AvgIpc) is 2.60. The Bertz CT molecular complexity index is 319. The van der Waals surface area contributed by atoms with Crippen molar-refractivity contribution >= 4 is 17.8 Å². The molecule has 0 bridgehead atoms. The van der Waals surface area contributed by atoms with E-state index in [-0.39, 0.29) is 0 Å². The molecule has 2 aliphatic heterocycles. The number of nitrogens with one attached hydrogen (secondary N) is 1. The van der Waals surface area contributed by atoms with Crippen LogP contribution in [0.1, 0.15) is 13.3 Å². The number of imide groups is 2. The first-order valence-corrected chi connectivity index (χ1v) is 4.32. The van der Waals surface area contributed by atoms with Crippen molar-refractivity contribution in [3.8, 4) is 0 Å². The molecule has 2 saturated heterocycles. The number of carbonyl (C=O) groups is 3. The van der Waals surface area contributed by atoms with E-state index >= 15 is 0 Å². The summed E-state index contributed by atoms with van der Waals surface area (Å²) >= 11 is 0. The van der Waals surface area contributed by atoms with Gasteiger partial charge in [-0.05, 0) is 13.3 Å². The van der Waals surface area contributed by atoms with Crippen LogP contribution < -0.4 is 5.32 Å². The van der Waals surface area contributed by atoms with E-state index in [4.69, 9.17) is 4.74 Å². The third-order valence-corrected chi connectivity index (χ3v) is 2.56. The summed E-state index contributed by atoms with van der Waals surface area (Å²) in [7, 11) is 0. The molecule has 0 aromatic heterocycles. The minimum absolute atomic E-state index is 0.291. The molecule has 0 saturated carbocycles. The lowest BCUT2D eigenvalue weighted by Gasteiger charge is -2.29. The number of hydrogen-bond donors (Lipinski definition) is 1. The normalized spacial score (nSPS) is 32.6. The molecular formula is C8H10N2O4. The van der Waals surface area contributed by atoms with Crippen LogP contribution in [0.4, 0.5) is 4.79 Å². The highest BCUT2D eigenvalue weighted by Crippen LogP contribution is 2.27. The first-order valence-electron chi connectivity index (χ1n) is 4.32. The predicted molar refractivity (Wildman–Crippen MR) is 44.2 cm³/mol. The van der Waals surface area contributed by atoms with Crippen molar-refractivity contribution in [1.82, 2.24) is 10.2 Å². The molecule has 6 nitrogen and oxygen atoms in total. The molecule has 1 atom stereocenters. The van der Waals surface area contributed by atoms with Crippen LogP contribution in [0.15, 0.2) is 0 Å². The van der Waals surface area contributed by atoms with Gasteiger partial charge in [-0.1, -0.05) is 0 Å². The van der Waals surface area contributed by atoms with Gasteiger partial charge < -0.3 is 4.74 Å². The molecule has 0 spiro atoms. The smallest absolute Gasteiger partial charge is 0.332 e. The van der Waals surface area contributed by atoms with Gasteiger partial charge in [-0.2, -0.15) is 0 Å².